The third kappa shape index (κ3) is 19.2. The van der Waals surface area contributed by atoms with Crippen LogP contribution < -0.4 is 10.5 Å². The molecule has 0 radical (unpaired) electrons. The van der Waals surface area contributed by atoms with Crippen molar-refractivity contribution in [1.29, 1.82) is 0 Å². The summed E-state index contributed by atoms with van der Waals surface area (Å²) in [6, 6.07) is 7.25. The maximum atomic E-state index is 8.54. The molecule has 10 nitrogen and oxygen atoms in total. The van der Waals surface area contributed by atoms with Gasteiger partial charge in [0.25, 0.3) is 0 Å². The highest BCUT2D eigenvalue weighted by molar-refractivity contribution is 5.41. The van der Waals surface area contributed by atoms with Crippen molar-refractivity contribution in [3.63, 3.8) is 0 Å². The molecule has 0 bridgehead atoms. The Morgan fingerprint density at radius 3 is 1.12 bits per heavy atom. The third-order valence-electron chi connectivity index (χ3n) is 3.84. The number of benzene rings is 1. The fourth-order valence-corrected chi connectivity index (χ4v) is 2.27. The molecule has 0 fully saturated rings. The fourth-order valence-electron chi connectivity index (χ4n) is 2.27. The zero-order valence-electron chi connectivity index (χ0n) is 18.9. The van der Waals surface area contributed by atoms with E-state index in [-0.39, 0.29) is 6.61 Å². The van der Waals surface area contributed by atoms with Crippen LogP contribution in [0.4, 0.5) is 5.69 Å². The second-order valence-corrected chi connectivity index (χ2v) is 6.43. The van der Waals surface area contributed by atoms with Crippen molar-refractivity contribution in [1.82, 2.24) is 0 Å². The average Bonchev–Trinajstić information content (AvgIpc) is 2.81. The normalized spacial score (nSPS) is 11.2. The van der Waals surface area contributed by atoms with Crippen LogP contribution in [0.1, 0.15) is 0 Å². The van der Waals surface area contributed by atoms with Crippen molar-refractivity contribution >= 4 is 5.69 Å². The molecular formula is C22H39NO9. The lowest BCUT2D eigenvalue weighted by Gasteiger charge is -2.09. The van der Waals surface area contributed by atoms with Crippen molar-refractivity contribution in [2.45, 2.75) is 0 Å². The monoisotopic (exact) mass is 461 g/mol. The van der Waals surface area contributed by atoms with E-state index in [0.717, 1.165) is 5.75 Å². The maximum Gasteiger partial charge on any atom is 0.119 e. The Bertz CT molecular complexity index is 505. The standard InChI is InChI=1S/C22H39NO9/c23-21-1-3-22(4-2-21)32-20-19-31-18-17-30-16-15-29-14-13-28-12-11-27-10-9-26-8-7-25-6-5-24/h1-4,24H,5-20,23H2. The largest absolute Gasteiger partial charge is 0.491 e. The molecular weight excluding hydrogens is 422 g/mol. The molecule has 0 aliphatic carbocycles. The molecule has 0 unspecified atom stereocenters. The molecule has 1 aromatic rings. The summed E-state index contributed by atoms with van der Waals surface area (Å²) in [4.78, 5) is 0. The topological polar surface area (TPSA) is 120 Å². The smallest absolute Gasteiger partial charge is 0.119 e. The Balaban J connectivity index is 1.67. The second kappa shape index (κ2) is 22.7. The first-order valence-corrected chi connectivity index (χ1v) is 11.0. The highest BCUT2D eigenvalue weighted by atomic mass is 16.6. The Labute approximate surface area is 190 Å². The van der Waals surface area contributed by atoms with Crippen LogP contribution in [-0.4, -0.2) is 111 Å². The van der Waals surface area contributed by atoms with Gasteiger partial charge in [0.1, 0.15) is 12.4 Å². The first-order chi connectivity index (χ1) is 15.8. The lowest BCUT2D eigenvalue weighted by Crippen LogP contribution is -2.15. The minimum absolute atomic E-state index is 0.0293. The van der Waals surface area contributed by atoms with Crippen LogP contribution in [0.5, 0.6) is 5.75 Å². The Kier molecular flexibility index (Phi) is 20.2. The van der Waals surface area contributed by atoms with Gasteiger partial charge in [0.15, 0.2) is 0 Å². The van der Waals surface area contributed by atoms with Gasteiger partial charge in [-0.05, 0) is 24.3 Å². The van der Waals surface area contributed by atoms with E-state index in [1.54, 1.807) is 12.1 Å². The first-order valence-electron chi connectivity index (χ1n) is 11.0. The number of aliphatic hydroxyl groups is 1. The zero-order valence-corrected chi connectivity index (χ0v) is 18.9. The number of nitrogen functional groups attached to an aromatic ring is 1. The molecule has 0 amide bonds. The van der Waals surface area contributed by atoms with Crippen LogP contribution in [-0.2, 0) is 33.2 Å². The second-order valence-electron chi connectivity index (χ2n) is 6.43. The van der Waals surface area contributed by atoms with E-state index in [9.17, 15) is 0 Å². The number of hydrogen-bond acceptors (Lipinski definition) is 10. The summed E-state index contributed by atoms with van der Waals surface area (Å²) >= 11 is 0. The molecule has 0 atom stereocenters. The molecule has 0 heterocycles. The highest BCUT2D eigenvalue weighted by Gasteiger charge is 1.96. The summed E-state index contributed by atoms with van der Waals surface area (Å²) in [7, 11) is 0. The third-order valence-corrected chi connectivity index (χ3v) is 3.84. The van der Waals surface area contributed by atoms with Gasteiger partial charge < -0.3 is 48.7 Å². The molecule has 1 aromatic carbocycles. The van der Waals surface area contributed by atoms with Crippen molar-refractivity contribution in [2.75, 3.05) is 111 Å². The van der Waals surface area contributed by atoms with E-state index >= 15 is 0 Å². The molecule has 0 aromatic heterocycles. The van der Waals surface area contributed by atoms with Gasteiger partial charge in [-0.25, -0.2) is 0 Å². The van der Waals surface area contributed by atoms with Gasteiger partial charge in [-0.1, -0.05) is 0 Å². The van der Waals surface area contributed by atoms with Gasteiger partial charge in [-0.15, -0.1) is 0 Å². The molecule has 32 heavy (non-hydrogen) atoms. The van der Waals surface area contributed by atoms with Gasteiger partial charge in [0.05, 0.1) is 99.1 Å². The fraction of sp³-hybridized carbons (Fsp3) is 0.727. The minimum Gasteiger partial charge on any atom is -0.491 e. The summed E-state index contributed by atoms with van der Waals surface area (Å²) in [6.45, 7) is 7.44. The van der Waals surface area contributed by atoms with Gasteiger partial charge in [0, 0.05) is 5.69 Å². The van der Waals surface area contributed by atoms with E-state index in [2.05, 4.69) is 0 Å². The Morgan fingerprint density at radius 2 is 0.781 bits per heavy atom. The summed E-state index contributed by atoms with van der Waals surface area (Å²) in [6.07, 6.45) is 0. The van der Waals surface area contributed by atoms with E-state index in [0.29, 0.717) is 105 Å². The summed E-state index contributed by atoms with van der Waals surface area (Å²) in [5.41, 5.74) is 6.33. The number of nitrogens with two attached hydrogens (primary N) is 1. The van der Waals surface area contributed by atoms with Crippen molar-refractivity contribution < 1.29 is 43.0 Å². The Morgan fingerprint density at radius 1 is 0.469 bits per heavy atom. The molecule has 0 spiro atoms. The van der Waals surface area contributed by atoms with Gasteiger partial charge in [-0.3, -0.25) is 0 Å². The molecule has 0 saturated carbocycles. The molecule has 0 aliphatic heterocycles. The SMILES string of the molecule is Nc1ccc(OCCOCCOCCOCCOCCOCCOCCOCCO)cc1. The molecule has 0 saturated heterocycles. The Hall–Kier alpha value is -1.50. The summed E-state index contributed by atoms with van der Waals surface area (Å²) < 4.78 is 43.0. The van der Waals surface area contributed by atoms with E-state index in [1.165, 1.54) is 0 Å². The average molecular weight is 462 g/mol. The number of anilines is 1. The van der Waals surface area contributed by atoms with Crippen LogP contribution in [0.3, 0.4) is 0 Å². The molecule has 1 rings (SSSR count). The van der Waals surface area contributed by atoms with Crippen molar-refractivity contribution in [3.8, 4) is 5.75 Å². The predicted molar refractivity (Wildman–Crippen MR) is 119 cm³/mol. The highest BCUT2D eigenvalue weighted by Crippen LogP contribution is 2.12. The summed E-state index contributed by atoms with van der Waals surface area (Å²) in [5.74, 6) is 0.773. The van der Waals surface area contributed by atoms with Gasteiger partial charge in [0.2, 0.25) is 0 Å². The lowest BCUT2D eigenvalue weighted by molar-refractivity contribution is -0.0221. The van der Waals surface area contributed by atoms with Crippen LogP contribution in [0.25, 0.3) is 0 Å². The number of ether oxygens (including phenoxy) is 8. The van der Waals surface area contributed by atoms with Crippen molar-refractivity contribution in [3.05, 3.63) is 24.3 Å². The zero-order chi connectivity index (χ0) is 23.0. The number of rotatable bonds is 24. The van der Waals surface area contributed by atoms with Crippen molar-refractivity contribution in [2.24, 2.45) is 0 Å². The predicted octanol–water partition coefficient (Wildman–Crippen LogP) is 0.756. The van der Waals surface area contributed by atoms with Crippen LogP contribution in [0.15, 0.2) is 24.3 Å². The van der Waals surface area contributed by atoms with E-state index in [4.69, 9.17) is 48.7 Å². The van der Waals surface area contributed by atoms with Crippen LogP contribution in [0, 0.1) is 0 Å². The van der Waals surface area contributed by atoms with Gasteiger partial charge in [-0.2, -0.15) is 0 Å². The first kappa shape index (κ1) is 28.5. The van der Waals surface area contributed by atoms with Crippen LogP contribution in [0.2, 0.25) is 0 Å². The number of aliphatic hydroxyl groups excluding tert-OH is 1. The number of hydrogen-bond donors (Lipinski definition) is 2. The van der Waals surface area contributed by atoms with Gasteiger partial charge >= 0.3 is 0 Å². The van der Waals surface area contributed by atoms with E-state index in [1.807, 2.05) is 12.1 Å². The molecule has 10 heteroatoms. The molecule has 0 aliphatic rings. The molecule has 3 N–H and O–H groups in total. The lowest BCUT2D eigenvalue weighted by atomic mass is 10.3. The quantitative estimate of drug-likeness (QED) is 0.169. The van der Waals surface area contributed by atoms with E-state index < -0.39 is 0 Å². The maximum absolute atomic E-state index is 8.54. The summed E-state index contributed by atoms with van der Waals surface area (Å²) in [5, 5.41) is 8.54. The minimum atomic E-state index is 0.0293. The molecule has 186 valence electrons. The van der Waals surface area contributed by atoms with Crippen LogP contribution >= 0.6 is 0 Å².